The van der Waals surface area contributed by atoms with E-state index in [9.17, 15) is 14.4 Å². The Morgan fingerprint density at radius 3 is 1.02 bits per heavy atom. The molecule has 8 aromatic carbocycles. The first kappa shape index (κ1) is 80.0. The van der Waals surface area contributed by atoms with Crippen molar-refractivity contribution in [2.24, 2.45) is 0 Å². The Labute approximate surface area is 670 Å². The predicted molar refractivity (Wildman–Crippen MR) is 461 cm³/mol. The van der Waals surface area contributed by atoms with Crippen molar-refractivity contribution in [2.75, 3.05) is 26.3 Å². The van der Waals surface area contributed by atoms with E-state index >= 15 is 0 Å². The van der Waals surface area contributed by atoms with Crippen LogP contribution < -0.4 is 16.0 Å². The van der Waals surface area contributed by atoms with Crippen LogP contribution in [0.2, 0.25) is 0 Å². The second-order valence-electron chi connectivity index (χ2n) is 29.8. The predicted octanol–water partition coefficient (Wildman–Crippen LogP) is 18.8. The van der Waals surface area contributed by atoms with Gasteiger partial charge < -0.3 is 34.4 Å². The van der Waals surface area contributed by atoms with Gasteiger partial charge in [0.05, 0.1) is 32.8 Å². The third-order valence-corrected chi connectivity index (χ3v) is 21.3. The SMILES string of the molecule is CCC(=O)NCc1ccc(-c2ccccc2)cc1-c1ccc(Cn2c(CC)nc3c(C)cc(C)nc32)cc1.CCC(=O)NCc1ccc(-c2ccccc2)cc1-c1ccc(Cn2c(CC)nc3c(C)cc(C)nc32)cc1.CCc1nc2c(C)cc(C)nc2n1Cc1ccc(-c2cc(CN3CCOCC3)ccc2CNC(C)=O)cc1. The number of morpholine rings is 1. The molecule has 1 aliphatic heterocycles. The first-order valence-electron chi connectivity index (χ1n) is 40.2. The molecule has 0 aliphatic carbocycles. The zero-order valence-electron chi connectivity index (χ0n) is 68.0. The summed E-state index contributed by atoms with van der Waals surface area (Å²) in [6, 6.07) is 72.9. The Kier molecular flexibility index (Phi) is 26.0. The third-order valence-electron chi connectivity index (χ3n) is 21.3. The molecule has 582 valence electrons. The number of amides is 3. The minimum absolute atomic E-state index is 0.0259. The lowest BCUT2D eigenvalue weighted by Gasteiger charge is -2.27. The fourth-order valence-electron chi connectivity index (χ4n) is 15.2. The van der Waals surface area contributed by atoms with Crippen LogP contribution in [0.5, 0.6) is 0 Å². The van der Waals surface area contributed by atoms with E-state index in [0.29, 0.717) is 32.5 Å². The van der Waals surface area contributed by atoms with Crippen LogP contribution in [0.15, 0.2) is 206 Å². The van der Waals surface area contributed by atoms with Crippen LogP contribution >= 0.6 is 0 Å². The van der Waals surface area contributed by atoms with Crippen LogP contribution in [0.1, 0.15) is 145 Å². The number of benzene rings is 8. The van der Waals surface area contributed by atoms with Gasteiger partial charge in [-0.1, -0.05) is 204 Å². The standard InChI is InChI=1S/2C33H34N4O.C31H37N5O2/c2*1-5-30-36-32-22(3)18-23(4)35-33(32)37(30)21-24-12-14-26(15-13-24)29-19-27(25-10-8-7-9-11-25)16-17-28(29)20-34-31(38)6-2;1-5-29-34-30-21(2)16-22(3)33-31(30)36(29)20-24-6-9-26(10-7-24)28-17-25(19-35-12-14-38-15-13-35)8-11-27(28)18-32-23(4)37/h2*7-19H,5-6,20-21H2,1-4H3,(H,34,38);6-11,16-17H,5,12-15,18-20H2,1-4H3,(H,32,37). The number of carbonyl (C=O) groups excluding carboxylic acids is 3. The molecule has 1 aliphatic rings. The number of nitrogens with one attached hydrogen (secondary N) is 3. The Hall–Kier alpha value is -12.1. The summed E-state index contributed by atoms with van der Waals surface area (Å²) in [6.07, 6.45) is 3.51. The number of nitrogens with zero attached hydrogens (tertiary/aromatic N) is 10. The number of imidazole rings is 3. The van der Waals surface area contributed by atoms with Gasteiger partial charge in [-0.25, -0.2) is 29.9 Å². The molecule has 3 N–H and O–H groups in total. The molecule has 1 fully saturated rings. The number of pyridine rings is 3. The van der Waals surface area contributed by atoms with Crippen molar-refractivity contribution in [3.8, 4) is 55.6 Å². The Balaban J connectivity index is 0.000000149. The molecule has 114 heavy (non-hydrogen) atoms. The van der Waals surface area contributed by atoms with E-state index in [1.165, 1.54) is 38.9 Å². The number of aryl methyl sites for hydroxylation is 9. The van der Waals surface area contributed by atoms with Crippen LogP contribution in [-0.4, -0.2) is 92.5 Å². The van der Waals surface area contributed by atoms with Crippen LogP contribution in [-0.2, 0) is 84.2 Å². The summed E-state index contributed by atoms with van der Waals surface area (Å²) in [5.41, 5.74) is 32.0. The third kappa shape index (κ3) is 19.2. The topological polar surface area (TPSA) is 192 Å². The monoisotopic (exact) mass is 1520 g/mol. The highest BCUT2D eigenvalue weighted by atomic mass is 16.5. The lowest BCUT2D eigenvalue weighted by molar-refractivity contribution is -0.121. The van der Waals surface area contributed by atoms with Crippen molar-refractivity contribution in [3.63, 3.8) is 0 Å². The van der Waals surface area contributed by atoms with E-state index in [4.69, 9.17) is 34.6 Å². The van der Waals surface area contributed by atoms with Gasteiger partial charge in [0.25, 0.3) is 0 Å². The van der Waals surface area contributed by atoms with E-state index in [0.717, 1.165) is 212 Å². The van der Waals surface area contributed by atoms with Gasteiger partial charge in [0.1, 0.15) is 34.0 Å². The molecule has 6 aromatic heterocycles. The zero-order chi connectivity index (χ0) is 79.9. The normalized spacial score (nSPS) is 12.2. The second kappa shape index (κ2) is 37.1. The summed E-state index contributed by atoms with van der Waals surface area (Å²) in [5.74, 6) is 3.24. The van der Waals surface area contributed by atoms with E-state index < -0.39 is 0 Å². The number of carbonyl (C=O) groups is 3. The minimum Gasteiger partial charge on any atom is -0.379 e. The van der Waals surface area contributed by atoms with Gasteiger partial charge >= 0.3 is 0 Å². The van der Waals surface area contributed by atoms with Crippen molar-refractivity contribution in [3.05, 3.63) is 296 Å². The summed E-state index contributed by atoms with van der Waals surface area (Å²) in [4.78, 5) is 67.2. The van der Waals surface area contributed by atoms with Crippen molar-refractivity contribution < 1.29 is 19.1 Å². The molecule has 0 spiro atoms. The molecule has 17 heteroatoms. The van der Waals surface area contributed by atoms with Gasteiger partial charge in [-0.3, -0.25) is 19.3 Å². The number of aromatic nitrogens is 9. The van der Waals surface area contributed by atoms with Gasteiger partial charge in [0.2, 0.25) is 17.7 Å². The molecule has 15 rings (SSSR count). The number of fused-ring (bicyclic) bond motifs is 3. The largest absolute Gasteiger partial charge is 0.379 e. The Morgan fingerprint density at radius 2 is 0.675 bits per heavy atom. The number of rotatable bonds is 24. The minimum atomic E-state index is -0.0259. The molecular formula is C97H105N13O4. The summed E-state index contributed by atoms with van der Waals surface area (Å²) >= 11 is 0. The zero-order valence-corrected chi connectivity index (χ0v) is 68.0. The van der Waals surface area contributed by atoms with Gasteiger partial charge in [-0.05, 0) is 189 Å². The summed E-state index contributed by atoms with van der Waals surface area (Å²) in [5, 5.41) is 9.05. The van der Waals surface area contributed by atoms with E-state index in [1.54, 1.807) is 6.92 Å². The van der Waals surface area contributed by atoms with Gasteiger partial charge in [-0.15, -0.1) is 0 Å². The molecule has 0 radical (unpaired) electrons. The Morgan fingerprint density at radius 1 is 0.351 bits per heavy atom. The average molecular weight is 1520 g/mol. The molecule has 0 saturated carbocycles. The fraction of sp³-hybridized carbons (Fsp3) is 0.289. The molecule has 17 nitrogen and oxygen atoms in total. The maximum absolute atomic E-state index is 12.0. The summed E-state index contributed by atoms with van der Waals surface area (Å²) in [6.45, 7) is 32.2. The highest BCUT2D eigenvalue weighted by molar-refractivity contribution is 5.82. The van der Waals surface area contributed by atoms with Gasteiger partial charge in [0, 0.05) is 95.4 Å². The van der Waals surface area contributed by atoms with E-state index in [1.807, 2.05) is 46.8 Å². The molecule has 7 heterocycles. The lowest BCUT2D eigenvalue weighted by Crippen LogP contribution is -2.35. The highest BCUT2D eigenvalue weighted by Crippen LogP contribution is 2.35. The lowest BCUT2D eigenvalue weighted by atomic mass is 9.94. The molecule has 0 atom stereocenters. The van der Waals surface area contributed by atoms with Crippen LogP contribution in [0.4, 0.5) is 0 Å². The second-order valence-corrected chi connectivity index (χ2v) is 29.8. The maximum atomic E-state index is 12.0. The summed E-state index contributed by atoms with van der Waals surface area (Å²) < 4.78 is 12.2. The highest BCUT2D eigenvalue weighted by Gasteiger charge is 2.21. The van der Waals surface area contributed by atoms with Crippen molar-refractivity contribution in [1.82, 2.24) is 64.5 Å². The van der Waals surface area contributed by atoms with Gasteiger partial charge in [0.15, 0.2) is 16.9 Å². The number of hydrogen-bond acceptors (Lipinski definition) is 11. The van der Waals surface area contributed by atoms with Crippen molar-refractivity contribution in [1.29, 1.82) is 0 Å². The first-order chi connectivity index (χ1) is 55.3. The fourth-order valence-corrected chi connectivity index (χ4v) is 15.2. The Bertz CT molecular complexity index is 5480. The van der Waals surface area contributed by atoms with E-state index in [-0.39, 0.29) is 17.7 Å². The van der Waals surface area contributed by atoms with Crippen LogP contribution in [0.25, 0.3) is 89.1 Å². The average Bonchev–Trinajstić information content (AvgIpc) is 1.64. The molecular weight excluding hydrogens is 1410 g/mol. The number of ether oxygens (including phenoxy) is 1. The maximum Gasteiger partial charge on any atom is 0.219 e. The molecule has 0 unspecified atom stereocenters. The smallest absolute Gasteiger partial charge is 0.219 e. The van der Waals surface area contributed by atoms with Crippen LogP contribution in [0, 0.1) is 41.5 Å². The molecule has 1 saturated heterocycles. The molecule has 3 amide bonds. The summed E-state index contributed by atoms with van der Waals surface area (Å²) in [7, 11) is 0. The van der Waals surface area contributed by atoms with E-state index in [2.05, 4.69) is 270 Å². The quantitative estimate of drug-likeness (QED) is 0.0521. The first-order valence-corrected chi connectivity index (χ1v) is 40.2. The molecule has 14 aromatic rings. The van der Waals surface area contributed by atoms with Gasteiger partial charge in [-0.2, -0.15) is 0 Å². The number of hydrogen-bond donors (Lipinski definition) is 3. The molecule has 0 bridgehead atoms. The van der Waals surface area contributed by atoms with Crippen LogP contribution in [0.3, 0.4) is 0 Å². The van der Waals surface area contributed by atoms with Crippen molar-refractivity contribution >= 4 is 51.2 Å². The van der Waals surface area contributed by atoms with Crippen molar-refractivity contribution in [2.45, 2.75) is 161 Å².